The van der Waals surface area contributed by atoms with Crippen LogP contribution in [0.4, 0.5) is 0 Å². The molecule has 2 nitrogen and oxygen atoms in total. The molecule has 2 aromatic heterocycles. The Bertz CT molecular complexity index is 596. The van der Waals surface area contributed by atoms with Gasteiger partial charge >= 0.3 is 0 Å². The number of hydrogen-bond acceptors (Lipinski definition) is 4. The number of fused-ring (bicyclic) bond motifs is 3. The van der Waals surface area contributed by atoms with Crippen molar-refractivity contribution in [1.82, 2.24) is 0 Å². The number of carbonyl (C=O) groups is 2. The number of aryl methyl sites for hydroxylation is 1. The minimum Gasteiger partial charge on any atom is -0.301 e. The van der Waals surface area contributed by atoms with Crippen LogP contribution in [0, 0.1) is 12.3 Å². The average molecular weight is 352 g/mol. The number of ketones is 2. The third kappa shape index (κ3) is 2.44. The molecule has 1 aliphatic rings. The Labute approximate surface area is 139 Å². The van der Waals surface area contributed by atoms with E-state index < -0.39 is 5.78 Å². The standard InChI is InChI=1S/C11H5O2S2.C2H6.Y/c1-5-4-7-9(13)8(12)6-2-3-14-10(6)11(7)15-5;1-2;/h2,4H,1H3;1-2H3;/q-1;;. The van der Waals surface area contributed by atoms with E-state index in [1.807, 2.05) is 20.8 Å². The summed E-state index contributed by atoms with van der Waals surface area (Å²) in [6.07, 6.45) is 0. The van der Waals surface area contributed by atoms with Gasteiger partial charge in [-0.05, 0) is 17.9 Å². The van der Waals surface area contributed by atoms with Gasteiger partial charge in [-0.25, -0.2) is 0 Å². The van der Waals surface area contributed by atoms with Gasteiger partial charge in [0.15, 0.2) is 5.78 Å². The molecule has 91 valence electrons. The van der Waals surface area contributed by atoms with Crippen molar-refractivity contribution in [1.29, 1.82) is 0 Å². The topological polar surface area (TPSA) is 34.1 Å². The van der Waals surface area contributed by atoms with Crippen LogP contribution in [0.5, 0.6) is 0 Å². The first-order valence-electron chi connectivity index (χ1n) is 5.38. The normalized spacial score (nSPS) is 11.9. The number of Topliss-reactive ketones (excluding diaryl/α,β-unsaturated/α-hetero) is 2. The summed E-state index contributed by atoms with van der Waals surface area (Å²) in [5.74, 6) is -0.776. The predicted octanol–water partition coefficient (Wildman–Crippen LogP) is 3.99. The molecule has 0 unspecified atom stereocenters. The number of hydrogen-bond donors (Lipinski definition) is 0. The second kappa shape index (κ2) is 6.33. The fourth-order valence-corrected chi connectivity index (χ4v) is 3.67. The summed E-state index contributed by atoms with van der Waals surface area (Å²) in [6.45, 7) is 5.94. The van der Waals surface area contributed by atoms with Gasteiger partial charge in [-0.1, -0.05) is 18.7 Å². The molecule has 0 spiro atoms. The first-order valence-corrected chi connectivity index (χ1v) is 7.01. The Morgan fingerprint density at radius 2 is 1.67 bits per heavy atom. The molecule has 0 atom stereocenters. The van der Waals surface area contributed by atoms with Crippen LogP contribution in [-0.2, 0) is 32.7 Å². The van der Waals surface area contributed by atoms with Gasteiger partial charge in [0.1, 0.15) is 0 Å². The molecule has 0 aromatic carbocycles. The molecule has 1 aliphatic carbocycles. The van der Waals surface area contributed by atoms with E-state index in [-0.39, 0.29) is 38.5 Å². The molecule has 0 amide bonds. The molecular formula is C13H11O2S2Y-. The Morgan fingerprint density at radius 1 is 1.06 bits per heavy atom. The van der Waals surface area contributed by atoms with Gasteiger partial charge < -0.3 is 4.79 Å². The minimum atomic E-state index is -0.396. The maximum atomic E-state index is 11.7. The molecule has 0 N–H and O–H groups in total. The summed E-state index contributed by atoms with van der Waals surface area (Å²) in [5.41, 5.74) is 1.07. The molecule has 3 rings (SSSR count). The van der Waals surface area contributed by atoms with Crippen molar-refractivity contribution in [2.75, 3.05) is 0 Å². The Kier molecular flexibility index (Phi) is 5.59. The predicted molar refractivity (Wildman–Crippen MR) is 71.2 cm³/mol. The summed E-state index contributed by atoms with van der Waals surface area (Å²) in [7, 11) is 0. The number of thiophene rings is 2. The number of carbonyl (C=O) groups excluding carboxylic acids is 2. The van der Waals surface area contributed by atoms with E-state index in [1.54, 1.807) is 23.5 Å². The fraction of sp³-hybridized carbons (Fsp3) is 0.231. The van der Waals surface area contributed by atoms with E-state index in [0.29, 0.717) is 11.1 Å². The second-order valence-electron chi connectivity index (χ2n) is 3.37. The zero-order valence-corrected chi connectivity index (χ0v) is 14.8. The van der Waals surface area contributed by atoms with Crippen LogP contribution in [-0.4, -0.2) is 11.6 Å². The maximum Gasteiger partial charge on any atom is 0.220 e. The van der Waals surface area contributed by atoms with Gasteiger partial charge in [0.05, 0.1) is 0 Å². The molecule has 0 bridgehead atoms. The van der Waals surface area contributed by atoms with Gasteiger partial charge in [-0.3, -0.25) is 16.1 Å². The van der Waals surface area contributed by atoms with E-state index in [1.165, 1.54) is 11.3 Å². The van der Waals surface area contributed by atoms with Crippen molar-refractivity contribution in [2.24, 2.45) is 0 Å². The van der Waals surface area contributed by atoms with E-state index in [0.717, 1.165) is 14.6 Å². The third-order valence-corrected chi connectivity index (χ3v) is 4.43. The molecule has 0 saturated carbocycles. The van der Waals surface area contributed by atoms with Gasteiger partial charge in [0, 0.05) is 43.1 Å². The summed E-state index contributed by atoms with van der Waals surface area (Å²) >= 11 is 2.96. The SMILES string of the molecule is CC.Cc1cc2c(s1)-c1s[c-]cc1C(=O)C2=O.[Y]. The summed E-state index contributed by atoms with van der Waals surface area (Å²) in [6, 6.07) is 3.40. The summed E-state index contributed by atoms with van der Waals surface area (Å²) < 4.78 is 0. The largest absolute Gasteiger partial charge is 0.301 e. The van der Waals surface area contributed by atoms with Crippen molar-refractivity contribution < 1.29 is 42.3 Å². The molecule has 0 aliphatic heterocycles. The summed E-state index contributed by atoms with van der Waals surface area (Å²) in [4.78, 5) is 26.3. The monoisotopic (exact) mass is 352 g/mol. The molecule has 18 heavy (non-hydrogen) atoms. The first kappa shape index (κ1) is 15.9. The second-order valence-corrected chi connectivity index (χ2v) is 5.47. The quantitative estimate of drug-likeness (QED) is 0.531. The van der Waals surface area contributed by atoms with Crippen LogP contribution in [0.2, 0.25) is 0 Å². The van der Waals surface area contributed by atoms with E-state index >= 15 is 0 Å². The molecule has 2 heterocycles. The van der Waals surface area contributed by atoms with E-state index in [9.17, 15) is 9.59 Å². The fourth-order valence-electron chi connectivity index (χ4n) is 1.70. The van der Waals surface area contributed by atoms with Crippen LogP contribution < -0.4 is 0 Å². The molecule has 0 fully saturated rings. The zero-order chi connectivity index (χ0) is 12.6. The third-order valence-electron chi connectivity index (χ3n) is 2.37. The molecule has 5 heteroatoms. The smallest absolute Gasteiger partial charge is 0.220 e. The zero-order valence-electron chi connectivity index (χ0n) is 10.4. The van der Waals surface area contributed by atoms with E-state index in [4.69, 9.17) is 0 Å². The van der Waals surface area contributed by atoms with Gasteiger partial charge in [-0.2, -0.15) is 17.4 Å². The molecule has 2 aromatic rings. The summed E-state index contributed by atoms with van der Waals surface area (Å²) in [5, 5.41) is 2.92. The van der Waals surface area contributed by atoms with Gasteiger partial charge in [0.25, 0.3) is 0 Å². The Balaban J connectivity index is 0.000000516. The van der Waals surface area contributed by atoms with Crippen LogP contribution in [0.3, 0.4) is 0 Å². The van der Waals surface area contributed by atoms with Crippen LogP contribution in [0.25, 0.3) is 9.75 Å². The minimum absolute atomic E-state index is 0. The van der Waals surface area contributed by atoms with Crippen molar-refractivity contribution in [3.63, 3.8) is 0 Å². The molecule has 0 saturated heterocycles. The molecule has 1 radical (unpaired) electrons. The maximum absolute atomic E-state index is 11.7. The van der Waals surface area contributed by atoms with Crippen molar-refractivity contribution in [2.45, 2.75) is 20.8 Å². The van der Waals surface area contributed by atoms with Crippen LogP contribution in [0.15, 0.2) is 12.1 Å². The van der Waals surface area contributed by atoms with E-state index in [2.05, 4.69) is 5.38 Å². The van der Waals surface area contributed by atoms with Crippen molar-refractivity contribution in [3.05, 3.63) is 33.5 Å². The molecular weight excluding hydrogens is 341 g/mol. The first-order chi connectivity index (χ1) is 8.18. The van der Waals surface area contributed by atoms with Crippen molar-refractivity contribution >= 4 is 34.2 Å². The average Bonchev–Trinajstić information content (AvgIpc) is 2.94. The number of rotatable bonds is 0. The van der Waals surface area contributed by atoms with Gasteiger partial charge in [-0.15, -0.1) is 10.9 Å². The van der Waals surface area contributed by atoms with Gasteiger partial charge in [0.2, 0.25) is 5.78 Å². The van der Waals surface area contributed by atoms with Crippen LogP contribution >= 0.6 is 22.7 Å². The van der Waals surface area contributed by atoms with Crippen molar-refractivity contribution in [3.8, 4) is 9.75 Å². The Morgan fingerprint density at radius 3 is 2.33 bits per heavy atom. The van der Waals surface area contributed by atoms with Crippen LogP contribution in [0.1, 0.15) is 39.4 Å². The Hall–Kier alpha value is -0.156.